The van der Waals surface area contributed by atoms with Gasteiger partial charge in [0.05, 0.1) is 6.04 Å². The summed E-state index contributed by atoms with van der Waals surface area (Å²) in [5.41, 5.74) is 1.12. The largest absolute Gasteiger partial charge is 0.501 e. The third-order valence-electron chi connectivity index (χ3n) is 5.64. The molecular weight excluding hydrogens is 392 g/mol. The van der Waals surface area contributed by atoms with Crippen molar-refractivity contribution in [3.8, 4) is 5.75 Å². The monoisotopic (exact) mass is 418 g/mol. The van der Waals surface area contributed by atoms with Gasteiger partial charge >= 0.3 is 0 Å². The SMILES string of the molecule is CN(c1nc(C(=O)NCC2CC2)c(O)c(=O)n1C)C(c1ccccc1)c1ccccc1. The van der Waals surface area contributed by atoms with Crippen molar-refractivity contribution in [2.24, 2.45) is 13.0 Å². The number of carbonyl (C=O) groups is 1. The molecule has 7 nitrogen and oxygen atoms in total. The number of hydrogen-bond acceptors (Lipinski definition) is 5. The summed E-state index contributed by atoms with van der Waals surface area (Å²) < 4.78 is 1.27. The Bertz CT molecular complexity index is 1090. The number of nitrogens with one attached hydrogen (secondary N) is 1. The van der Waals surface area contributed by atoms with Crippen LogP contribution in [0.5, 0.6) is 5.75 Å². The number of hydrogen-bond donors (Lipinski definition) is 2. The van der Waals surface area contributed by atoms with Crippen LogP contribution in [-0.2, 0) is 7.05 Å². The minimum atomic E-state index is -0.659. The smallest absolute Gasteiger partial charge is 0.297 e. The maximum absolute atomic E-state index is 12.7. The van der Waals surface area contributed by atoms with Gasteiger partial charge in [-0.3, -0.25) is 14.2 Å². The molecule has 0 atom stereocenters. The quantitative estimate of drug-likeness (QED) is 0.616. The van der Waals surface area contributed by atoms with Gasteiger partial charge in [0.2, 0.25) is 11.7 Å². The summed E-state index contributed by atoms with van der Waals surface area (Å²) in [6.07, 6.45) is 2.17. The zero-order valence-electron chi connectivity index (χ0n) is 17.7. The number of anilines is 1. The molecule has 7 heteroatoms. The fraction of sp³-hybridized carbons (Fsp3) is 0.292. The average Bonchev–Trinajstić information content (AvgIpc) is 3.62. The number of aromatic hydroxyl groups is 1. The molecule has 1 saturated carbocycles. The zero-order chi connectivity index (χ0) is 22.0. The van der Waals surface area contributed by atoms with Crippen molar-refractivity contribution in [1.29, 1.82) is 0 Å². The first-order chi connectivity index (χ1) is 15.0. The highest BCUT2D eigenvalue weighted by Gasteiger charge is 2.28. The fourth-order valence-corrected chi connectivity index (χ4v) is 3.72. The second kappa shape index (κ2) is 8.63. The molecule has 0 aliphatic heterocycles. The molecule has 4 rings (SSSR count). The van der Waals surface area contributed by atoms with Gasteiger partial charge in [0, 0.05) is 20.6 Å². The topological polar surface area (TPSA) is 87.5 Å². The van der Waals surface area contributed by atoms with Crippen molar-refractivity contribution >= 4 is 11.9 Å². The fourth-order valence-electron chi connectivity index (χ4n) is 3.72. The van der Waals surface area contributed by atoms with E-state index in [-0.39, 0.29) is 17.7 Å². The van der Waals surface area contributed by atoms with Crippen LogP contribution in [0.25, 0.3) is 0 Å². The van der Waals surface area contributed by atoms with Gasteiger partial charge in [-0.25, -0.2) is 4.98 Å². The first-order valence-electron chi connectivity index (χ1n) is 10.4. The molecule has 3 aromatic rings. The third-order valence-corrected chi connectivity index (χ3v) is 5.64. The second-order valence-corrected chi connectivity index (χ2v) is 7.96. The van der Waals surface area contributed by atoms with Gasteiger partial charge in [0.25, 0.3) is 11.5 Å². The van der Waals surface area contributed by atoms with Crippen LogP contribution in [0.1, 0.15) is 40.5 Å². The molecule has 0 saturated heterocycles. The third kappa shape index (κ3) is 4.30. The van der Waals surface area contributed by atoms with Crippen molar-refractivity contribution in [2.45, 2.75) is 18.9 Å². The van der Waals surface area contributed by atoms with E-state index in [1.807, 2.05) is 72.6 Å². The van der Waals surface area contributed by atoms with Crippen LogP contribution in [0.3, 0.4) is 0 Å². The van der Waals surface area contributed by atoms with E-state index < -0.39 is 17.2 Å². The lowest BCUT2D eigenvalue weighted by Gasteiger charge is -2.31. The second-order valence-electron chi connectivity index (χ2n) is 7.96. The zero-order valence-corrected chi connectivity index (χ0v) is 17.7. The predicted octanol–water partition coefficient (Wildman–Crippen LogP) is 2.85. The van der Waals surface area contributed by atoms with Crippen molar-refractivity contribution in [3.05, 3.63) is 87.8 Å². The van der Waals surface area contributed by atoms with E-state index in [1.165, 1.54) is 4.57 Å². The number of rotatable bonds is 7. The van der Waals surface area contributed by atoms with Gasteiger partial charge in [0.15, 0.2) is 5.69 Å². The highest BCUT2D eigenvalue weighted by Crippen LogP contribution is 2.31. The van der Waals surface area contributed by atoms with Gasteiger partial charge in [-0.1, -0.05) is 60.7 Å². The lowest BCUT2D eigenvalue weighted by molar-refractivity contribution is 0.0943. The van der Waals surface area contributed by atoms with Gasteiger partial charge in [0.1, 0.15) is 0 Å². The molecule has 1 aromatic heterocycles. The van der Waals surface area contributed by atoms with E-state index in [4.69, 9.17) is 0 Å². The minimum absolute atomic E-state index is 0.243. The molecule has 0 bridgehead atoms. The Balaban J connectivity index is 1.77. The van der Waals surface area contributed by atoms with Crippen molar-refractivity contribution in [1.82, 2.24) is 14.9 Å². The highest BCUT2D eigenvalue weighted by molar-refractivity contribution is 5.95. The lowest BCUT2D eigenvalue weighted by Crippen LogP contribution is -2.35. The molecule has 1 aliphatic carbocycles. The van der Waals surface area contributed by atoms with Crippen LogP contribution in [0.2, 0.25) is 0 Å². The van der Waals surface area contributed by atoms with E-state index in [0.29, 0.717) is 12.5 Å². The molecule has 31 heavy (non-hydrogen) atoms. The number of amides is 1. The Morgan fingerprint density at radius 2 is 1.68 bits per heavy atom. The Hall–Kier alpha value is -3.61. The normalized spacial score (nSPS) is 13.3. The maximum Gasteiger partial charge on any atom is 0.297 e. The summed E-state index contributed by atoms with van der Waals surface area (Å²) in [5, 5.41) is 13.1. The Morgan fingerprint density at radius 1 is 1.13 bits per heavy atom. The number of benzene rings is 2. The van der Waals surface area contributed by atoms with Crippen molar-refractivity contribution in [2.75, 3.05) is 18.5 Å². The molecule has 0 radical (unpaired) electrons. The Kier molecular flexibility index (Phi) is 5.75. The molecule has 1 aliphatic rings. The van der Waals surface area contributed by atoms with Crippen LogP contribution in [0, 0.1) is 5.92 Å². The summed E-state index contributed by atoms with van der Waals surface area (Å²) >= 11 is 0. The first kappa shape index (κ1) is 20.7. The molecule has 1 fully saturated rings. The Morgan fingerprint density at radius 3 is 2.19 bits per heavy atom. The van der Waals surface area contributed by atoms with Crippen LogP contribution < -0.4 is 15.8 Å². The number of aromatic nitrogens is 2. The first-order valence-corrected chi connectivity index (χ1v) is 10.4. The summed E-state index contributed by atoms with van der Waals surface area (Å²) in [6.45, 7) is 0.525. The van der Waals surface area contributed by atoms with Crippen molar-refractivity contribution < 1.29 is 9.90 Å². The number of carbonyl (C=O) groups excluding carboxylic acids is 1. The van der Waals surface area contributed by atoms with Gasteiger partial charge in [-0.2, -0.15) is 0 Å². The van der Waals surface area contributed by atoms with E-state index >= 15 is 0 Å². The standard InChI is InChI=1S/C24H26N4O3/c1-27(20(17-9-5-3-6-10-17)18-11-7-4-8-12-18)24-26-19(21(29)23(31)28(24)2)22(30)25-15-16-13-14-16/h3-12,16,20,29H,13-15H2,1-2H3,(H,25,30). The highest BCUT2D eigenvalue weighted by atomic mass is 16.3. The van der Waals surface area contributed by atoms with Crippen LogP contribution in [0.4, 0.5) is 5.95 Å². The lowest BCUT2D eigenvalue weighted by atomic mass is 9.97. The van der Waals surface area contributed by atoms with Crippen molar-refractivity contribution in [3.63, 3.8) is 0 Å². The molecule has 2 N–H and O–H groups in total. The van der Waals surface area contributed by atoms with E-state index in [0.717, 1.165) is 24.0 Å². The van der Waals surface area contributed by atoms with E-state index in [9.17, 15) is 14.7 Å². The molecule has 1 heterocycles. The minimum Gasteiger partial charge on any atom is -0.501 e. The van der Waals surface area contributed by atoms with Gasteiger partial charge in [-0.05, 0) is 29.9 Å². The summed E-state index contributed by atoms with van der Waals surface area (Å²) in [5.74, 6) is -0.408. The summed E-state index contributed by atoms with van der Waals surface area (Å²) in [7, 11) is 3.37. The molecule has 1 amide bonds. The van der Waals surface area contributed by atoms with Crippen LogP contribution in [0.15, 0.2) is 65.5 Å². The van der Waals surface area contributed by atoms with E-state index in [1.54, 1.807) is 7.05 Å². The average molecular weight is 418 g/mol. The Labute approximate surface area is 181 Å². The summed E-state index contributed by atoms with van der Waals surface area (Å²) in [4.78, 5) is 31.7. The number of nitrogens with zero attached hydrogens (tertiary/aromatic N) is 3. The summed E-state index contributed by atoms with van der Waals surface area (Å²) in [6, 6.07) is 19.5. The van der Waals surface area contributed by atoms with E-state index in [2.05, 4.69) is 10.3 Å². The van der Waals surface area contributed by atoms with Crippen LogP contribution in [-0.4, -0.2) is 34.2 Å². The molecular formula is C24H26N4O3. The predicted molar refractivity (Wildman–Crippen MR) is 119 cm³/mol. The van der Waals surface area contributed by atoms with Gasteiger partial charge < -0.3 is 15.3 Å². The molecule has 0 unspecified atom stereocenters. The molecule has 160 valence electrons. The maximum atomic E-state index is 12.7. The van der Waals surface area contributed by atoms with Crippen LogP contribution >= 0.6 is 0 Å². The van der Waals surface area contributed by atoms with Gasteiger partial charge in [-0.15, -0.1) is 0 Å². The molecule has 2 aromatic carbocycles. The molecule has 0 spiro atoms.